The number of ketones is 2. The van der Waals surface area contributed by atoms with Gasteiger partial charge in [0.1, 0.15) is 11.5 Å². The van der Waals surface area contributed by atoms with E-state index in [0.29, 0.717) is 28.0 Å². The lowest BCUT2D eigenvalue weighted by atomic mass is 9.44. The van der Waals surface area contributed by atoms with E-state index in [1.165, 1.54) is 24.2 Å². The van der Waals surface area contributed by atoms with E-state index in [1.54, 1.807) is 36.4 Å². The number of methoxy groups -OCH3 is 1. The molecule has 7 rings (SSSR count). The number of imide groups is 1. The summed E-state index contributed by atoms with van der Waals surface area (Å²) in [6.07, 6.45) is 3.72. The molecule has 4 aliphatic rings. The van der Waals surface area contributed by atoms with Crippen LogP contribution in [0.4, 0.5) is 0 Å². The van der Waals surface area contributed by atoms with Crippen molar-refractivity contribution in [2.75, 3.05) is 13.7 Å². The minimum Gasteiger partial charge on any atom is -0.508 e. The number of fused-ring (bicyclic) bond motifs is 4. The second-order valence-electron chi connectivity index (χ2n) is 13.0. The number of hydrogen-bond donors (Lipinski definition) is 2. The SMILES string of the molecule is COc1ccc([C@H]2C3=CC[C@@H]4C(=O)N(CCCC(=O)O)C(=O)[C@@H]4[C@@H]3C[C@H]3C(=O)C(c4ccccc4)=CC(=O)[C@@]23c2ccccc2)c(O)c1. The third-order valence-corrected chi connectivity index (χ3v) is 10.8. The lowest BCUT2D eigenvalue weighted by Gasteiger charge is -2.55. The van der Waals surface area contributed by atoms with Gasteiger partial charge in [-0.1, -0.05) is 78.4 Å². The number of Topliss-reactive ketones (excluding diaryl/α,β-unsaturated/α-hetero) is 1. The van der Waals surface area contributed by atoms with Crippen LogP contribution in [0.15, 0.2) is 96.6 Å². The molecule has 9 nitrogen and oxygen atoms in total. The Morgan fingerprint density at radius 3 is 2.31 bits per heavy atom. The Morgan fingerprint density at radius 2 is 1.65 bits per heavy atom. The van der Waals surface area contributed by atoms with E-state index in [-0.39, 0.29) is 61.4 Å². The van der Waals surface area contributed by atoms with Crippen molar-refractivity contribution in [2.24, 2.45) is 23.7 Å². The van der Waals surface area contributed by atoms with E-state index >= 15 is 4.79 Å². The number of carbonyl (C=O) groups is 5. The number of benzene rings is 3. The predicted octanol–water partition coefficient (Wildman–Crippen LogP) is 5.09. The molecule has 48 heavy (non-hydrogen) atoms. The molecule has 0 bridgehead atoms. The number of likely N-dealkylation sites (tertiary alicyclic amines) is 1. The topological polar surface area (TPSA) is 138 Å². The number of ether oxygens (including phenoxy) is 1. The molecule has 0 radical (unpaired) electrons. The van der Waals surface area contributed by atoms with Crippen molar-refractivity contribution in [2.45, 2.75) is 37.0 Å². The van der Waals surface area contributed by atoms with Gasteiger partial charge in [0.05, 0.1) is 24.4 Å². The van der Waals surface area contributed by atoms with Crippen LogP contribution < -0.4 is 4.74 Å². The van der Waals surface area contributed by atoms with E-state index in [9.17, 15) is 24.3 Å². The van der Waals surface area contributed by atoms with Crippen LogP contribution in [0.3, 0.4) is 0 Å². The zero-order valence-corrected chi connectivity index (χ0v) is 26.4. The molecule has 244 valence electrons. The third-order valence-electron chi connectivity index (χ3n) is 10.8. The first-order valence-corrected chi connectivity index (χ1v) is 16.2. The molecule has 3 aromatic rings. The number of carboxylic acids is 1. The Kier molecular flexibility index (Phi) is 7.86. The van der Waals surface area contributed by atoms with Gasteiger partial charge in [-0.15, -0.1) is 0 Å². The Bertz CT molecular complexity index is 1900. The van der Waals surface area contributed by atoms with E-state index in [1.807, 2.05) is 42.5 Å². The molecule has 9 heteroatoms. The maximum atomic E-state index is 15.0. The van der Waals surface area contributed by atoms with Crippen LogP contribution in [-0.2, 0) is 29.4 Å². The lowest BCUT2D eigenvalue weighted by molar-refractivity contribution is -0.142. The molecular formula is C39H35NO8. The van der Waals surface area contributed by atoms with Gasteiger partial charge in [-0.05, 0) is 48.4 Å². The number of aromatic hydroxyl groups is 1. The van der Waals surface area contributed by atoms with Gasteiger partial charge in [-0.3, -0.25) is 28.9 Å². The molecule has 3 aromatic carbocycles. The quantitative estimate of drug-likeness (QED) is 0.255. The van der Waals surface area contributed by atoms with Crippen molar-refractivity contribution in [3.8, 4) is 11.5 Å². The zero-order valence-electron chi connectivity index (χ0n) is 26.4. The van der Waals surface area contributed by atoms with Gasteiger partial charge in [0.15, 0.2) is 11.6 Å². The van der Waals surface area contributed by atoms with E-state index in [0.717, 1.165) is 5.57 Å². The molecular weight excluding hydrogens is 610 g/mol. The number of carbonyl (C=O) groups excluding carboxylic acids is 4. The normalized spacial score (nSPS) is 27.9. The van der Waals surface area contributed by atoms with Crippen molar-refractivity contribution in [3.05, 3.63) is 113 Å². The first-order chi connectivity index (χ1) is 23.2. The van der Waals surface area contributed by atoms with Gasteiger partial charge in [0.2, 0.25) is 11.8 Å². The number of aliphatic carboxylic acids is 1. The smallest absolute Gasteiger partial charge is 0.303 e. The highest BCUT2D eigenvalue weighted by atomic mass is 16.5. The summed E-state index contributed by atoms with van der Waals surface area (Å²) in [6.45, 7) is -0.00257. The summed E-state index contributed by atoms with van der Waals surface area (Å²) in [5.74, 6) is -5.74. The molecule has 6 atom stereocenters. The standard InChI is InChI=1S/C39H35NO8/c1-48-24-14-15-26(31(41)19-24)35-25-16-17-27-34(38(47)40(37(27)46)18-8-13-33(43)44)29(25)20-30-36(45)28(22-9-4-2-5-10-22)21-32(42)39(30,35)23-11-6-3-7-12-23/h2-7,9-12,14-16,19,21,27,29-30,34-35,41H,8,13,17-18,20H2,1H3,(H,43,44)/t27-,29+,30-,34-,35+,39-/m0/s1. The number of rotatable bonds is 8. The second-order valence-corrected chi connectivity index (χ2v) is 13.0. The fourth-order valence-corrected chi connectivity index (χ4v) is 8.79. The Labute approximate surface area is 277 Å². The van der Waals surface area contributed by atoms with E-state index in [4.69, 9.17) is 9.84 Å². The summed E-state index contributed by atoms with van der Waals surface area (Å²) in [5, 5.41) is 20.7. The maximum absolute atomic E-state index is 15.0. The minimum atomic E-state index is -1.45. The van der Waals surface area contributed by atoms with Crippen LogP contribution in [0.1, 0.15) is 48.3 Å². The molecule has 0 aromatic heterocycles. The highest BCUT2D eigenvalue weighted by Gasteiger charge is 2.66. The number of phenols is 1. The van der Waals surface area contributed by atoms with Gasteiger partial charge in [0, 0.05) is 42.0 Å². The fraction of sp³-hybridized carbons (Fsp3) is 0.308. The molecule has 0 spiro atoms. The molecule has 1 saturated heterocycles. The van der Waals surface area contributed by atoms with Crippen LogP contribution in [0.25, 0.3) is 5.57 Å². The van der Waals surface area contributed by atoms with Crippen molar-refractivity contribution in [1.82, 2.24) is 4.90 Å². The summed E-state index contributed by atoms with van der Waals surface area (Å²) in [5.41, 5.74) is 1.24. The van der Waals surface area contributed by atoms with Crippen LogP contribution in [0.2, 0.25) is 0 Å². The first-order valence-electron chi connectivity index (χ1n) is 16.2. The molecule has 1 heterocycles. The number of hydrogen-bond acceptors (Lipinski definition) is 7. The van der Waals surface area contributed by atoms with Gasteiger partial charge >= 0.3 is 5.97 Å². The second kappa shape index (κ2) is 12.0. The number of allylic oxidation sites excluding steroid dienone is 4. The number of phenolic OH excluding ortho intramolecular Hbond substituents is 1. The Morgan fingerprint density at radius 1 is 0.938 bits per heavy atom. The van der Waals surface area contributed by atoms with Crippen LogP contribution in [-0.4, -0.2) is 58.1 Å². The fourth-order valence-electron chi connectivity index (χ4n) is 8.79. The number of amides is 2. The van der Waals surface area contributed by atoms with Gasteiger partial charge in [-0.25, -0.2) is 0 Å². The predicted molar refractivity (Wildman–Crippen MR) is 175 cm³/mol. The maximum Gasteiger partial charge on any atom is 0.303 e. The largest absolute Gasteiger partial charge is 0.508 e. The van der Waals surface area contributed by atoms with Crippen molar-refractivity contribution in [3.63, 3.8) is 0 Å². The molecule has 3 aliphatic carbocycles. The molecule has 2 amide bonds. The van der Waals surface area contributed by atoms with Gasteiger partial charge < -0.3 is 14.9 Å². The highest BCUT2D eigenvalue weighted by Crippen LogP contribution is 2.64. The highest BCUT2D eigenvalue weighted by molar-refractivity contribution is 6.31. The van der Waals surface area contributed by atoms with Gasteiger partial charge in [0.25, 0.3) is 0 Å². The first kappa shape index (κ1) is 31.3. The Balaban J connectivity index is 1.44. The summed E-state index contributed by atoms with van der Waals surface area (Å²) in [6, 6.07) is 23.1. The summed E-state index contributed by atoms with van der Waals surface area (Å²) >= 11 is 0. The van der Waals surface area contributed by atoms with E-state index < -0.39 is 41.0 Å². The van der Waals surface area contributed by atoms with E-state index in [2.05, 4.69) is 0 Å². The van der Waals surface area contributed by atoms with Crippen LogP contribution >= 0.6 is 0 Å². The molecule has 1 aliphatic heterocycles. The summed E-state index contributed by atoms with van der Waals surface area (Å²) < 4.78 is 5.37. The average Bonchev–Trinajstić information content (AvgIpc) is 3.34. The van der Waals surface area contributed by atoms with Crippen molar-refractivity contribution < 1.29 is 38.9 Å². The van der Waals surface area contributed by atoms with Gasteiger partial charge in [-0.2, -0.15) is 0 Å². The molecule has 2 N–H and O–H groups in total. The summed E-state index contributed by atoms with van der Waals surface area (Å²) in [7, 11) is 1.49. The van der Waals surface area contributed by atoms with Crippen molar-refractivity contribution >= 4 is 34.9 Å². The zero-order chi connectivity index (χ0) is 33.7. The monoisotopic (exact) mass is 645 g/mol. The van der Waals surface area contributed by atoms with Crippen molar-refractivity contribution in [1.29, 1.82) is 0 Å². The molecule has 2 fully saturated rings. The molecule has 0 unspecified atom stereocenters. The van der Waals surface area contributed by atoms with Crippen LogP contribution in [0.5, 0.6) is 11.5 Å². The number of carboxylic acid groups (broad SMARTS) is 1. The summed E-state index contributed by atoms with van der Waals surface area (Å²) in [4.78, 5) is 70.0. The lowest BCUT2D eigenvalue weighted by Crippen LogP contribution is -2.58. The average molecular weight is 646 g/mol. The minimum absolute atomic E-state index is 0.00257. The molecule has 1 saturated carbocycles. The third kappa shape index (κ3) is 4.71. The van der Waals surface area contributed by atoms with Crippen LogP contribution in [0, 0.1) is 23.7 Å². The Hall–Kier alpha value is -5.31. The number of nitrogens with zero attached hydrogens (tertiary/aromatic N) is 1.